The van der Waals surface area contributed by atoms with Gasteiger partial charge in [-0.2, -0.15) is 5.26 Å². The molecule has 2 N–H and O–H groups in total. The minimum atomic E-state index is -3.72. The molecule has 0 spiro atoms. The van der Waals surface area contributed by atoms with Crippen LogP contribution in [0.3, 0.4) is 0 Å². The van der Waals surface area contributed by atoms with E-state index in [0.717, 1.165) is 6.07 Å². The monoisotopic (exact) mass is 387 g/mol. The van der Waals surface area contributed by atoms with E-state index in [1.165, 1.54) is 32.2 Å². The summed E-state index contributed by atoms with van der Waals surface area (Å²) in [6.07, 6.45) is -1.16. The number of benzene rings is 2. The van der Waals surface area contributed by atoms with Gasteiger partial charge in [-0.25, -0.2) is 17.9 Å². The lowest BCUT2D eigenvalue weighted by Gasteiger charge is -2.14. The summed E-state index contributed by atoms with van der Waals surface area (Å²) in [6.45, 7) is 1.37. The van der Waals surface area contributed by atoms with Crippen LogP contribution < -0.4 is 10.0 Å². The van der Waals surface area contributed by atoms with Gasteiger partial charge >= 0.3 is 5.97 Å². The second-order valence-corrected chi connectivity index (χ2v) is 7.32. The van der Waals surface area contributed by atoms with Crippen LogP contribution in [0.15, 0.2) is 53.4 Å². The molecule has 0 aliphatic carbocycles. The molecule has 2 aromatic carbocycles. The Morgan fingerprint density at radius 2 is 1.85 bits per heavy atom. The van der Waals surface area contributed by atoms with E-state index in [0.29, 0.717) is 5.69 Å². The molecule has 1 amide bonds. The molecule has 0 radical (unpaired) electrons. The van der Waals surface area contributed by atoms with Crippen molar-refractivity contribution in [1.29, 1.82) is 5.26 Å². The molecule has 0 bridgehead atoms. The van der Waals surface area contributed by atoms with Crippen molar-refractivity contribution < 1.29 is 22.7 Å². The molecule has 27 heavy (non-hydrogen) atoms. The Hall–Kier alpha value is -3.22. The smallest absolute Gasteiger partial charge is 0.338 e. The van der Waals surface area contributed by atoms with Crippen LogP contribution in [0, 0.1) is 11.3 Å². The van der Waals surface area contributed by atoms with Gasteiger partial charge in [-0.15, -0.1) is 0 Å². The third kappa shape index (κ3) is 4.91. The zero-order valence-corrected chi connectivity index (χ0v) is 15.4. The number of nitrogens with one attached hydrogen (secondary N) is 2. The number of anilines is 1. The van der Waals surface area contributed by atoms with Crippen molar-refractivity contribution in [3.05, 3.63) is 59.7 Å². The first-order valence-corrected chi connectivity index (χ1v) is 9.31. The molecular formula is C18H17N3O5S. The van der Waals surface area contributed by atoms with Crippen LogP contribution in [-0.4, -0.2) is 33.4 Å². The van der Waals surface area contributed by atoms with Crippen LogP contribution >= 0.6 is 0 Å². The number of rotatable bonds is 6. The number of carbonyl (C=O) groups is 2. The molecule has 0 aromatic heterocycles. The highest BCUT2D eigenvalue weighted by Crippen LogP contribution is 2.16. The lowest BCUT2D eigenvalue weighted by molar-refractivity contribution is -0.123. The van der Waals surface area contributed by atoms with Crippen LogP contribution in [0.2, 0.25) is 0 Å². The highest BCUT2D eigenvalue weighted by Gasteiger charge is 2.21. The standard InChI is InChI=1S/C18H17N3O5S/c1-12(17(22)21-16-9-4-3-6-14(16)11-19)26-18(23)13-7-5-8-15(10-13)27(24,25)20-2/h3-10,12,20H,1-2H3,(H,21,22)/t12-/m1/s1. The molecule has 9 heteroatoms. The summed E-state index contributed by atoms with van der Waals surface area (Å²) < 4.78 is 30.9. The van der Waals surface area contributed by atoms with Crippen LogP contribution in [0.1, 0.15) is 22.8 Å². The minimum absolute atomic E-state index is 0.0107. The number of esters is 1. The van der Waals surface area contributed by atoms with Gasteiger partial charge in [-0.1, -0.05) is 18.2 Å². The lowest BCUT2D eigenvalue weighted by Crippen LogP contribution is -2.30. The fourth-order valence-corrected chi connectivity index (χ4v) is 2.89. The number of sulfonamides is 1. The number of ether oxygens (including phenoxy) is 1. The molecule has 8 nitrogen and oxygen atoms in total. The molecule has 1 atom stereocenters. The maximum absolute atomic E-state index is 12.2. The average Bonchev–Trinajstić information content (AvgIpc) is 2.68. The first kappa shape index (κ1) is 20.1. The Balaban J connectivity index is 2.10. The number of hydrogen-bond acceptors (Lipinski definition) is 6. The van der Waals surface area contributed by atoms with E-state index in [4.69, 9.17) is 10.00 Å². The fraction of sp³-hybridized carbons (Fsp3) is 0.167. The van der Waals surface area contributed by atoms with E-state index in [9.17, 15) is 18.0 Å². The molecule has 0 unspecified atom stereocenters. The molecule has 0 heterocycles. The van der Waals surface area contributed by atoms with Crippen molar-refractivity contribution in [3.63, 3.8) is 0 Å². The van der Waals surface area contributed by atoms with E-state index >= 15 is 0 Å². The van der Waals surface area contributed by atoms with E-state index in [1.54, 1.807) is 24.3 Å². The van der Waals surface area contributed by atoms with Gasteiger partial charge in [0.05, 0.1) is 21.7 Å². The van der Waals surface area contributed by atoms with Crippen LogP contribution in [0.4, 0.5) is 5.69 Å². The number of nitrogens with zero attached hydrogens (tertiary/aromatic N) is 1. The van der Waals surface area contributed by atoms with Crippen molar-refractivity contribution in [1.82, 2.24) is 4.72 Å². The summed E-state index contributed by atoms with van der Waals surface area (Å²) in [5.41, 5.74) is 0.563. The van der Waals surface area contributed by atoms with Gasteiger partial charge in [0, 0.05) is 0 Å². The van der Waals surface area contributed by atoms with Crippen molar-refractivity contribution in [3.8, 4) is 6.07 Å². The van der Waals surface area contributed by atoms with Gasteiger partial charge in [0.2, 0.25) is 10.0 Å². The van der Waals surface area contributed by atoms with Gasteiger partial charge in [0.1, 0.15) is 6.07 Å². The lowest BCUT2D eigenvalue weighted by atomic mass is 10.2. The van der Waals surface area contributed by atoms with Crippen molar-refractivity contribution >= 4 is 27.6 Å². The normalized spacial score (nSPS) is 11.9. The summed E-state index contributed by atoms with van der Waals surface area (Å²) >= 11 is 0. The summed E-state index contributed by atoms with van der Waals surface area (Å²) in [5.74, 6) is -1.47. The minimum Gasteiger partial charge on any atom is -0.449 e. The van der Waals surface area contributed by atoms with Gasteiger partial charge in [-0.05, 0) is 44.3 Å². The Labute approximate surface area is 156 Å². The Bertz CT molecular complexity index is 1010. The van der Waals surface area contributed by atoms with E-state index in [2.05, 4.69) is 10.0 Å². The van der Waals surface area contributed by atoms with Gasteiger partial charge in [0.15, 0.2) is 6.10 Å². The molecule has 140 valence electrons. The summed E-state index contributed by atoms with van der Waals surface area (Å²) in [4.78, 5) is 24.4. The topological polar surface area (TPSA) is 125 Å². The van der Waals surface area contributed by atoms with Gasteiger partial charge < -0.3 is 10.1 Å². The molecule has 0 fully saturated rings. The SMILES string of the molecule is CNS(=O)(=O)c1cccc(C(=O)O[C@H](C)C(=O)Nc2ccccc2C#N)c1. The molecule has 0 saturated heterocycles. The van der Waals surface area contributed by atoms with Crippen molar-refractivity contribution in [2.45, 2.75) is 17.9 Å². The Morgan fingerprint density at radius 3 is 2.52 bits per heavy atom. The predicted octanol–water partition coefficient (Wildman–Crippen LogP) is 1.65. The zero-order valence-electron chi connectivity index (χ0n) is 14.6. The number of hydrogen-bond donors (Lipinski definition) is 2. The van der Waals surface area contributed by atoms with Crippen LogP contribution in [0.25, 0.3) is 0 Å². The largest absolute Gasteiger partial charge is 0.449 e. The van der Waals surface area contributed by atoms with Crippen molar-refractivity contribution in [2.24, 2.45) is 0 Å². The second-order valence-electron chi connectivity index (χ2n) is 5.43. The third-order valence-electron chi connectivity index (χ3n) is 3.61. The molecule has 2 aromatic rings. The number of nitriles is 1. The molecular weight excluding hydrogens is 370 g/mol. The third-order valence-corrected chi connectivity index (χ3v) is 5.02. The highest BCUT2D eigenvalue weighted by molar-refractivity contribution is 7.89. The van der Waals surface area contributed by atoms with E-state index in [1.807, 2.05) is 6.07 Å². The highest BCUT2D eigenvalue weighted by atomic mass is 32.2. The molecule has 0 saturated carbocycles. The van der Waals surface area contributed by atoms with Crippen LogP contribution in [0.5, 0.6) is 0 Å². The predicted molar refractivity (Wildman–Crippen MR) is 97.4 cm³/mol. The summed E-state index contributed by atoms with van der Waals surface area (Å²) in [6, 6.07) is 13.6. The zero-order chi connectivity index (χ0) is 20.0. The quantitative estimate of drug-likeness (QED) is 0.726. The second kappa shape index (κ2) is 8.44. The molecule has 0 aliphatic heterocycles. The van der Waals surface area contributed by atoms with Crippen LogP contribution in [-0.2, 0) is 19.6 Å². The first-order chi connectivity index (χ1) is 12.8. The van der Waals surface area contributed by atoms with E-state index < -0.39 is 28.0 Å². The Kier molecular flexibility index (Phi) is 6.28. The summed E-state index contributed by atoms with van der Waals surface area (Å²) in [5, 5.41) is 11.6. The van der Waals surface area contributed by atoms with Gasteiger partial charge in [0.25, 0.3) is 5.91 Å². The number of para-hydroxylation sites is 1. The molecule has 2 rings (SSSR count). The number of amides is 1. The van der Waals surface area contributed by atoms with Crippen molar-refractivity contribution in [2.75, 3.05) is 12.4 Å². The average molecular weight is 387 g/mol. The van der Waals surface area contributed by atoms with E-state index in [-0.39, 0.29) is 16.0 Å². The summed E-state index contributed by atoms with van der Waals surface area (Å²) in [7, 11) is -2.46. The van der Waals surface area contributed by atoms with Gasteiger partial charge in [-0.3, -0.25) is 4.79 Å². The maximum atomic E-state index is 12.2. The Morgan fingerprint density at radius 1 is 1.15 bits per heavy atom. The molecule has 0 aliphatic rings. The number of carbonyl (C=O) groups excluding carboxylic acids is 2. The maximum Gasteiger partial charge on any atom is 0.338 e. The fourth-order valence-electron chi connectivity index (χ4n) is 2.11. The first-order valence-electron chi connectivity index (χ1n) is 7.83.